The molecule has 0 aromatic carbocycles. The fourth-order valence-corrected chi connectivity index (χ4v) is 2.58. The second-order valence-corrected chi connectivity index (χ2v) is 5.79. The molecule has 0 bridgehead atoms. The third-order valence-corrected chi connectivity index (χ3v) is 4.02. The number of aliphatic hydroxyl groups is 1. The molecule has 0 fully saturated rings. The second-order valence-electron chi connectivity index (χ2n) is 5.05. The molecule has 2 aromatic heterocycles. The summed E-state index contributed by atoms with van der Waals surface area (Å²) in [6.45, 7) is 2.26. The minimum atomic E-state index is -0.827. The smallest absolute Gasteiger partial charge is 0.141 e. The molecule has 0 spiro atoms. The van der Waals surface area contributed by atoms with Gasteiger partial charge in [-0.25, -0.2) is 9.37 Å². The van der Waals surface area contributed by atoms with E-state index < -0.39 is 11.9 Å². The van der Waals surface area contributed by atoms with Crippen LogP contribution in [-0.4, -0.2) is 33.6 Å². The highest BCUT2D eigenvalue weighted by Crippen LogP contribution is 2.27. The molecule has 0 aliphatic heterocycles. The third-order valence-electron chi connectivity index (χ3n) is 3.51. The highest BCUT2D eigenvalue weighted by molar-refractivity contribution is 6.32. The molecule has 2 atom stereocenters. The number of halogens is 3. The van der Waals surface area contributed by atoms with E-state index >= 15 is 0 Å². The second kappa shape index (κ2) is 7.33. The van der Waals surface area contributed by atoms with Gasteiger partial charge in [-0.05, 0) is 32.2 Å². The third kappa shape index (κ3) is 4.14. The molecule has 2 aromatic rings. The Bertz CT molecular complexity index is 639. The number of rotatable bonds is 5. The van der Waals surface area contributed by atoms with Gasteiger partial charge in [-0.1, -0.05) is 29.3 Å². The maximum Gasteiger partial charge on any atom is 0.141 e. The van der Waals surface area contributed by atoms with Crippen molar-refractivity contribution in [2.24, 2.45) is 0 Å². The lowest BCUT2D eigenvalue weighted by Gasteiger charge is -2.27. The standard InChI is InChI=1S/C15H16Cl2FN3O/c1-9(11-4-6-14(16)20-15(11)17)21(2)8-13(22)12-5-3-10(18)7-19-12/h3-7,9,13,22H,8H2,1-2H3/t9?,13-/m0/s1. The number of nitrogens with zero attached hydrogens (tertiary/aromatic N) is 3. The molecule has 0 radical (unpaired) electrons. The largest absolute Gasteiger partial charge is 0.385 e. The van der Waals surface area contributed by atoms with Crippen molar-refractivity contribution in [3.05, 3.63) is 57.8 Å². The molecule has 4 nitrogen and oxygen atoms in total. The van der Waals surface area contributed by atoms with Crippen LogP contribution in [0.15, 0.2) is 30.5 Å². The molecule has 22 heavy (non-hydrogen) atoms. The van der Waals surface area contributed by atoms with Gasteiger partial charge in [0.2, 0.25) is 0 Å². The first-order chi connectivity index (χ1) is 10.4. The van der Waals surface area contributed by atoms with Crippen molar-refractivity contribution < 1.29 is 9.50 Å². The number of aliphatic hydroxyl groups excluding tert-OH is 1. The molecule has 0 saturated heterocycles. The van der Waals surface area contributed by atoms with Crippen LogP contribution in [-0.2, 0) is 0 Å². The molecule has 0 aliphatic rings. The van der Waals surface area contributed by atoms with Gasteiger partial charge in [0.05, 0.1) is 11.9 Å². The van der Waals surface area contributed by atoms with E-state index in [1.54, 1.807) is 12.1 Å². The molecule has 0 aliphatic carbocycles. The molecule has 1 N–H and O–H groups in total. The zero-order valence-corrected chi connectivity index (χ0v) is 13.7. The van der Waals surface area contributed by atoms with Crippen molar-refractivity contribution >= 4 is 23.2 Å². The summed E-state index contributed by atoms with van der Waals surface area (Å²) < 4.78 is 12.9. The van der Waals surface area contributed by atoms with Gasteiger partial charge in [0.1, 0.15) is 22.2 Å². The zero-order chi connectivity index (χ0) is 16.3. The monoisotopic (exact) mass is 343 g/mol. The molecule has 2 rings (SSSR count). The van der Waals surface area contributed by atoms with Crippen LogP contribution in [0.25, 0.3) is 0 Å². The van der Waals surface area contributed by atoms with Crippen molar-refractivity contribution in [3.63, 3.8) is 0 Å². The van der Waals surface area contributed by atoms with E-state index in [0.717, 1.165) is 11.8 Å². The van der Waals surface area contributed by atoms with Crippen LogP contribution in [0.2, 0.25) is 10.3 Å². The summed E-state index contributed by atoms with van der Waals surface area (Å²) in [6.07, 6.45) is 0.259. The minimum Gasteiger partial charge on any atom is -0.385 e. The summed E-state index contributed by atoms with van der Waals surface area (Å²) in [5, 5.41) is 10.9. The van der Waals surface area contributed by atoms with Crippen LogP contribution < -0.4 is 0 Å². The van der Waals surface area contributed by atoms with E-state index in [4.69, 9.17) is 23.2 Å². The van der Waals surface area contributed by atoms with E-state index in [0.29, 0.717) is 22.5 Å². The Labute approximate surface area is 138 Å². The van der Waals surface area contributed by atoms with Gasteiger partial charge in [0.15, 0.2) is 0 Å². The van der Waals surface area contributed by atoms with E-state index in [1.807, 2.05) is 18.9 Å². The van der Waals surface area contributed by atoms with Gasteiger partial charge < -0.3 is 5.11 Å². The minimum absolute atomic E-state index is 0.0765. The fraction of sp³-hybridized carbons (Fsp3) is 0.333. The Morgan fingerprint density at radius 1 is 1.27 bits per heavy atom. The lowest BCUT2D eigenvalue weighted by Crippen LogP contribution is -2.28. The number of aromatic nitrogens is 2. The van der Waals surface area contributed by atoms with Crippen LogP contribution in [0.3, 0.4) is 0 Å². The molecule has 118 valence electrons. The molecule has 2 heterocycles. The predicted molar refractivity (Wildman–Crippen MR) is 84.5 cm³/mol. The molecule has 1 unspecified atom stereocenters. The normalized spacial score (nSPS) is 14.1. The SMILES string of the molecule is CC(c1ccc(Cl)nc1Cl)N(C)C[C@H](O)c1ccc(F)cn1. The quantitative estimate of drug-likeness (QED) is 0.842. The van der Waals surface area contributed by atoms with Crippen molar-refractivity contribution in [2.75, 3.05) is 13.6 Å². The van der Waals surface area contributed by atoms with E-state index in [1.165, 1.54) is 12.1 Å². The summed E-state index contributed by atoms with van der Waals surface area (Å²) in [7, 11) is 1.85. The first-order valence-electron chi connectivity index (χ1n) is 6.70. The summed E-state index contributed by atoms with van der Waals surface area (Å²) in [5.41, 5.74) is 1.23. The first-order valence-corrected chi connectivity index (χ1v) is 7.45. The molecular weight excluding hydrogens is 328 g/mol. The fourth-order valence-electron chi connectivity index (χ4n) is 2.08. The average Bonchev–Trinajstić information content (AvgIpc) is 2.47. The molecule has 0 saturated carbocycles. The summed E-state index contributed by atoms with van der Waals surface area (Å²) in [5.74, 6) is -0.434. The van der Waals surface area contributed by atoms with Crippen LogP contribution in [0, 0.1) is 5.82 Å². The van der Waals surface area contributed by atoms with Crippen LogP contribution >= 0.6 is 23.2 Å². The van der Waals surface area contributed by atoms with Crippen molar-refractivity contribution in [1.29, 1.82) is 0 Å². The maximum absolute atomic E-state index is 12.9. The Balaban J connectivity index is 2.07. The highest BCUT2D eigenvalue weighted by Gasteiger charge is 2.20. The van der Waals surface area contributed by atoms with Gasteiger partial charge in [-0.2, -0.15) is 0 Å². The van der Waals surface area contributed by atoms with E-state index in [-0.39, 0.29) is 6.04 Å². The van der Waals surface area contributed by atoms with Gasteiger partial charge in [-0.15, -0.1) is 0 Å². The summed E-state index contributed by atoms with van der Waals surface area (Å²) in [6, 6.07) is 6.14. The number of hydrogen-bond acceptors (Lipinski definition) is 4. The van der Waals surface area contributed by atoms with Gasteiger partial charge in [0.25, 0.3) is 0 Å². The number of pyridine rings is 2. The number of likely N-dealkylation sites (N-methyl/N-ethyl adjacent to an activating group) is 1. The van der Waals surface area contributed by atoms with E-state index in [9.17, 15) is 9.50 Å². The van der Waals surface area contributed by atoms with Crippen molar-refractivity contribution in [2.45, 2.75) is 19.1 Å². The Kier molecular flexibility index (Phi) is 5.69. The Morgan fingerprint density at radius 3 is 2.59 bits per heavy atom. The maximum atomic E-state index is 12.9. The summed E-state index contributed by atoms with van der Waals surface area (Å²) >= 11 is 11.9. The average molecular weight is 344 g/mol. The van der Waals surface area contributed by atoms with Crippen LogP contribution in [0.4, 0.5) is 4.39 Å². The van der Waals surface area contributed by atoms with Gasteiger partial charge in [0, 0.05) is 18.2 Å². The lowest BCUT2D eigenvalue weighted by molar-refractivity contribution is 0.105. The van der Waals surface area contributed by atoms with Crippen molar-refractivity contribution in [1.82, 2.24) is 14.9 Å². The first kappa shape index (κ1) is 17.1. The van der Waals surface area contributed by atoms with Crippen LogP contribution in [0.1, 0.15) is 30.3 Å². The summed E-state index contributed by atoms with van der Waals surface area (Å²) in [4.78, 5) is 9.81. The number of hydrogen-bond donors (Lipinski definition) is 1. The van der Waals surface area contributed by atoms with Gasteiger partial charge >= 0.3 is 0 Å². The molecule has 7 heteroatoms. The topological polar surface area (TPSA) is 49.2 Å². The highest BCUT2D eigenvalue weighted by atomic mass is 35.5. The van der Waals surface area contributed by atoms with Crippen molar-refractivity contribution in [3.8, 4) is 0 Å². The van der Waals surface area contributed by atoms with Crippen LogP contribution in [0.5, 0.6) is 0 Å². The lowest BCUT2D eigenvalue weighted by atomic mass is 10.1. The molecule has 0 amide bonds. The molecular formula is C15H16Cl2FN3O. The van der Waals surface area contributed by atoms with E-state index in [2.05, 4.69) is 9.97 Å². The zero-order valence-electron chi connectivity index (χ0n) is 12.2. The van der Waals surface area contributed by atoms with Gasteiger partial charge in [-0.3, -0.25) is 9.88 Å². The Morgan fingerprint density at radius 2 is 2.00 bits per heavy atom. The Hall–Kier alpha value is -1.27. The predicted octanol–water partition coefficient (Wildman–Crippen LogP) is 3.65.